The van der Waals surface area contributed by atoms with Gasteiger partial charge in [0.1, 0.15) is 5.75 Å². The van der Waals surface area contributed by atoms with E-state index in [1.165, 1.54) is 6.07 Å². The van der Waals surface area contributed by atoms with E-state index >= 15 is 0 Å². The van der Waals surface area contributed by atoms with E-state index in [4.69, 9.17) is 11.6 Å². The lowest BCUT2D eigenvalue weighted by molar-refractivity contribution is 0.102. The van der Waals surface area contributed by atoms with Crippen molar-refractivity contribution < 1.29 is 9.90 Å². The summed E-state index contributed by atoms with van der Waals surface area (Å²) >= 11 is 9.19. The Morgan fingerprint density at radius 1 is 1.26 bits per heavy atom. The number of hydrogen-bond acceptors (Lipinski definition) is 2. The maximum atomic E-state index is 12.1. The number of aryl methyl sites for hydroxylation is 1. The van der Waals surface area contributed by atoms with Crippen molar-refractivity contribution in [3.63, 3.8) is 0 Å². The molecule has 0 fully saturated rings. The number of rotatable bonds is 2. The molecule has 0 radical (unpaired) electrons. The van der Waals surface area contributed by atoms with Crippen molar-refractivity contribution in [1.29, 1.82) is 0 Å². The maximum absolute atomic E-state index is 12.1. The molecule has 19 heavy (non-hydrogen) atoms. The molecular weight excluding hydrogens is 330 g/mol. The largest absolute Gasteiger partial charge is 0.508 e. The van der Waals surface area contributed by atoms with Gasteiger partial charge < -0.3 is 10.4 Å². The highest BCUT2D eigenvalue weighted by Crippen LogP contribution is 2.26. The van der Waals surface area contributed by atoms with Crippen LogP contribution in [0.25, 0.3) is 0 Å². The molecule has 0 atom stereocenters. The van der Waals surface area contributed by atoms with Crippen LogP contribution in [0.2, 0.25) is 5.02 Å². The molecule has 0 aliphatic carbocycles. The van der Waals surface area contributed by atoms with E-state index in [0.29, 0.717) is 21.8 Å². The van der Waals surface area contributed by atoms with Crippen molar-refractivity contribution in [2.45, 2.75) is 6.92 Å². The quantitative estimate of drug-likeness (QED) is 0.853. The number of halogens is 2. The highest BCUT2D eigenvalue weighted by molar-refractivity contribution is 9.10. The normalized spacial score (nSPS) is 10.3. The first kappa shape index (κ1) is 13.9. The van der Waals surface area contributed by atoms with Crippen LogP contribution in [0.4, 0.5) is 5.69 Å². The number of amides is 1. The van der Waals surface area contributed by atoms with Gasteiger partial charge >= 0.3 is 0 Å². The Bertz CT molecular complexity index is 643. The number of hydrogen-bond donors (Lipinski definition) is 2. The molecule has 3 nitrogen and oxygen atoms in total. The predicted molar refractivity (Wildman–Crippen MR) is 79.9 cm³/mol. The number of carbonyl (C=O) groups is 1. The van der Waals surface area contributed by atoms with E-state index in [0.717, 1.165) is 4.47 Å². The molecule has 5 heteroatoms. The molecule has 0 saturated carbocycles. The van der Waals surface area contributed by atoms with E-state index in [-0.39, 0.29) is 11.7 Å². The summed E-state index contributed by atoms with van der Waals surface area (Å²) in [6, 6.07) is 9.78. The van der Waals surface area contributed by atoms with Crippen LogP contribution in [0, 0.1) is 6.92 Å². The highest BCUT2D eigenvalue weighted by atomic mass is 79.9. The first-order chi connectivity index (χ1) is 8.97. The molecule has 98 valence electrons. The fraction of sp³-hybridized carbons (Fsp3) is 0.0714. The van der Waals surface area contributed by atoms with Gasteiger partial charge in [-0.1, -0.05) is 11.6 Å². The molecule has 1 amide bonds. The average Bonchev–Trinajstić information content (AvgIpc) is 2.33. The van der Waals surface area contributed by atoms with Crippen LogP contribution >= 0.6 is 27.5 Å². The number of benzene rings is 2. The fourth-order valence-corrected chi connectivity index (χ4v) is 2.17. The van der Waals surface area contributed by atoms with Crippen LogP contribution in [0.5, 0.6) is 5.75 Å². The Morgan fingerprint density at radius 3 is 2.63 bits per heavy atom. The number of phenolic OH excluding ortho intramolecular Hbond substituents is 1. The van der Waals surface area contributed by atoms with Gasteiger partial charge in [0.2, 0.25) is 0 Å². The van der Waals surface area contributed by atoms with Crippen LogP contribution in [-0.2, 0) is 0 Å². The van der Waals surface area contributed by atoms with Crippen molar-refractivity contribution >= 4 is 39.1 Å². The van der Waals surface area contributed by atoms with Gasteiger partial charge in [-0.2, -0.15) is 0 Å². The molecule has 0 aliphatic heterocycles. The van der Waals surface area contributed by atoms with Crippen LogP contribution < -0.4 is 5.32 Å². The van der Waals surface area contributed by atoms with Crippen molar-refractivity contribution in [3.05, 3.63) is 57.0 Å². The summed E-state index contributed by atoms with van der Waals surface area (Å²) in [5.41, 5.74) is 1.88. The van der Waals surface area contributed by atoms with E-state index < -0.39 is 0 Å². The Labute approximate surface area is 124 Å². The minimum absolute atomic E-state index is 0.142. The zero-order valence-corrected chi connectivity index (χ0v) is 12.4. The smallest absolute Gasteiger partial charge is 0.255 e. The minimum Gasteiger partial charge on any atom is -0.508 e. The zero-order chi connectivity index (χ0) is 14.0. The number of anilines is 1. The summed E-state index contributed by atoms with van der Waals surface area (Å²) < 4.78 is 0.717. The summed E-state index contributed by atoms with van der Waals surface area (Å²) in [7, 11) is 0. The third-order valence-corrected chi connectivity index (χ3v) is 3.85. The Hall–Kier alpha value is -1.52. The summed E-state index contributed by atoms with van der Waals surface area (Å²) in [5.74, 6) is -0.0880. The van der Waals surface area contributed by atoms with Gasteiger partial charge in [0.25, 0.3) is 5.91 Å². The number of phenols is 1. The molecule has 0 spiro atoms. The summed E-state index contributed by atoms with van der Waals surface area (Å²) in [4.78, 5) is 12.1. The van der Waals surface area contributed by atoms with Crippen LogP contribution in [0.15, 0.2) is 40.9 Å². The molecule has 0 bridgehead atoms. The van der Waals surface area contributed by atoms with E-state index in [1.54, 1.807) is 37.3 Å². The van der Waals surface area contributed by atoms with Crippen LogP contribution in [0.1, 0.15) is 15.9 Å². The third-order valence-electron chi connectivity index (χ3n) is 2.63. The third kappa shape index (κ3) is 3.28. The van der Waals surface area contributed by atoms with Crippen molar-refractivity contribution in [2.24, 2.45) is 0 Å². The molecule has 0 aromatic heterocycles. The lowest BCUT2D eigenvalue weighted by Gasteiger charge is -2.09. The topological polar surface area (TPSA) is 49.3 Å². The van der Waals surface area contributed by atoms with Gasteiger partial charge in [-0.25, -0.2) is 0 Å². The Kier molecular flexibility index (Phi) is 4.12. The van der Waals surface area contributed by atoms with E-state index in [2.05, 4.69) is 21.2 Å². The van der Waals surface area contributed by atoms with Gasteiger partial charge in [0, 0.05) is 15.7 Å². The fourth-order valence-electron chi connectivity index (χ4n) is 1.67. The van der Waals surface area contributed by atoms with Crippen molar-refractivity contribution in [1.82, 2.24) is 0 Å². The number of carbonyl (C=O) groups excluding carboxylic acids is 1. The van der Waals surface area contributed by atoms with E-state index in [1.807, 2.05) is 0 Å². The SMILES string of the molecule is Cc1cc(O)ccc1C(=O)Nc1ccc(Cl)c(Br)c1. The first-order valence-corrected chi connectivity index (χ1v) is 6.70. The van der Waals surface area contributed by atoms with Gasteiger partial charge in [-0.3, -0.25) is 4.79 Å². The second-order valence-electron chi connectivity index (χ2n) is 4.08. The summed E-state index contributed by atoms with van der Waals surface area (Å²) in [6.45, 7) is 1.77. The minimum atomic E-state index is -0.230. The monoisotopic (exact) mass is 339 g/mol. The van der Waals surface area contributed by atoms with Crippen molar-refractivity contribution in [2.75, 3.05) is 5.32 Å². The van der Waals surface area contributed by atoms with Gasteiger partial charge in [-0.15, -0.1) is 0 Å². The van der Waals surface area contributed by atoms with Gasteiger partial charge in [0.15, 0.2) is 0 Å². The van der Waals surface area contributed by atoms with E-state index in [9.17, 15) is 9.90 Å². The molecule has 2 aromatic carbocycles. The van der Waals surface area contributed by atoms with Crippen LogP contribution in [-0.4, -0.2) is 11.0 Å². The lowest BCUT2D eigenvalue weighted by atomic mass is 10.1. The lowest BCUT2D eigenvalue weighted by Crippen LogP contribution is -2.13. The number of nitrogens with one attached hydrogen (secondary N) is 1. The Balaban J connectivity index is 2.23. The molecular formula is C14H11BrClNO2. The highest BCUT2D eigenvalue weighted by Gasteiger charge is 2.10. The van der Waals surface area contributed by atoms with Gasteiger partial charge in [-0.05, 0) is 64.8 Å². The standard InChI is InChI=1S/C14H11BrClNO2/c1-8-6-10(18)3-4-11(8)14(19)17-9-2-5-13(16)12(15)7-9/h2-7,18H,1H3,(H,17,19). The zero-order valence-electron chi connectivity index (χ0n) is 10.1. The first-order valence-electron chi connectivity index (χ1n) is 5.53. The molecule has 0 aliphatic rings. The maximum Gasteiger partial charge on any atom is 0.255 e. The molecule has 2 N–H and O–H groups in total. The molecule has 2 rings (SSSR count). The molecule has 0 heterocycles. The van der Waals surface area contributed by atoms with Crippen molar-refractivity contribution in [3.8, 4) is 5.75 Å². The summed E-state index contributed by atoms with van der Waals surface area (Å²) in [6.07, 6.45) is 0. The van der Waals surface area contributed by atoms with Crippen LogP contribution in [0.3, 0.4) is 0 Å². The van der Waals surface area contributed by atoms with Gasteiger partial charge in [0.05, 0.1) is 5.02 Å². The second kappa shape index (κ2) is 5.63. The summed E-state index contributed by atoms with van der Waals surface area (Å²) in [5, 5.41) is 12.7. The molecule has 0 unspecified atom stereocenters. The predicted octanol–water partition coefficient (Wildman–Crippen LogP) is 4.37. The average molecular weight is 341 g/mol. The molecule has 2 aromatic rings. The Morgan fingerprint density at radius 2 is 2.00 bits per heavy atom. The molecule has 0 saturated heterocycles. The second-order valence-corrected chi connectivity index (χ2v) is 5.34. The number of aromatic hydroxyl groups is 1.